The Morgan fingerprint density at radius 3 is 2.40 bits per heavy atom. The van der Waals surface area contributed by atoms with Gasteiger partial charge >= 0.3 is 0 Å². The average molecular weight is 274 g/mol. The summed E-state index contributed by atoms with van der Waals surface area (Å²) in [5.41, 5.74) is 1.40. The van der Waals surface area contributed by atoms with Crippen LogP contribution in [0.2, 0.25) is 0 Å². The van der Waals surface area contributed by atoms with E-state index in [1.165, 1.54) is 44.3 Å². The third kappa shape index (κ3) is 3.97. The molecule has 1 aliphatic heterocycles. The monoisotopic (exact) mass is 274 g/mol. The smallest absolute Gasteiger partial charge is 0.119 e. The number of hydrogen-bond donors (Lipinski definition) is 1. The minimum Gasteiger partial charge on any atom is -0.493 e. The van der Waals surface area contributed by atoms with Crippen molar-refractivity contribution in [2.24, 2.45) is 5.92 Å². The fourth-order valence-electron chi connectivity index (χ4n) is 2.83. The van der Waals surface area contributed by atoms with Gasteiger partial charge in [0.1, 0.15) is 5.75 Å². The lowest BCUT2D eigenvalue weighted by Crippen LogP contribution is -2.40. The average Bonchev–Trinajstić information content (AvgIpc) is 3.32. The number of nitrogens with one attached hydrogen (secondary N) is 1. The highest BCUT2D eigenvalue weighted by molar-refractivity contribution is 5.27. The number of likely N-dealkylation sites (tertiary alicyclic amines) is 1. The molecule has 1 aromatic carbocycles. The molecule has 1 saturated heterocycles. The van der Waals surface area contributed by atoms with Crippen LogP contribution in [0.4, 0.5) is 0 Å². The molecule has 2 fully saturated rings. The van der Waals surface area contributed by atoms with Crippen LogP contribution in [-0.4, -0.2) is 37.7 Å². The summed E-state index contributed by atoms with van der Waals surface area (Å²) >= 11 is 0. The molecule has 1 saturated carbocycles. The molecule has 2 aliphatic rings. The van der Waals surface area contributed by atoms with Crippen molar-refractivity contribution >= 4 is 0 Å². The molecule has 1 N–H and O–H groups in total. The summed E-state index contributed by atoms with van der Waals surface area (Å²) in [5, 5.41) is 3.38. The summed E-state index contributed by atoms with van der Waals surface area (Å²) < 4.78 is 5.78. The van der Waals surface area contributed by atoms with Gasteiger partial charge in [0.25, 0.3) is 0 Å². The first kappa shape index (κ1) is 13.9. The summed E-state index contributed by atoms with van der Waals surface area (Å²) in [4.78, 5) is 2.55. The molecule has 1 heterocycles. The summed E-state index contributed by atoms with van der Waals surface area (Å²) in [5.74, 6) is 1.85. The van der Waals surface area contributed by atoms with Crippen LogP contribution in [0.5, 0.6) is 5.75 Å². The van der Waals surface area contributed by atoms with E-state index >= 15 is 0 Å². The van der Waals surface area contributed by atoms with Crippen molar-refractivity contribution < 1.29 is 4.74 Å². The van der Waals surface area contributed by atoms with E-state index in [0.717, 1.165) is 24.8 Å². The lowest BCUT2D eigenvalue weighted by Gasteiger charge is -2.31. The normalized spacial score (nSPS) is 21.1. The summed E-state index contributed by atoms with van der Waals surface area (Å²) in [6.45, 7) is 4.37. The van der Waals surface area contributed by atoms with Crippen LogP contribution in [0, 0.1) is 5.92 Å². The number of nitrogens with zero attached hydrogens (tertiary/aromatic N) is 1. The molecule has 20 heavy (non-hydrogen) atoms. The predicted molar refractivity (Wildman–Crippen MR) is 82.0 cm³/mol. The van der Waals surface area contributed by atoms with Gasteiger partial charge in [-0.25, -0.2) is 0 Å². The molecule has 3 nitrogen and oxygen atoms in total. The van der Waals surface area contributed by atoms with Crippen molar-refractivity contribution in [3.8, 4) is 5.75 Å². The SMILES string of the molecule is CNC1CCN(Cc2ccc(OCC3CC3)cc2)CC1. The number of hydrogen-bond acceptors (Lipinski definition) is 3. The van der Waals surface area contributed by atoms with Crippen LogP contribution >= 0.6 is 0 Å². The second-order valence-electron chi connectivity index (χ2n) is 6.24. The van der Waals surface area contributed by atoms with Crippen LogP contribution in [0.3, 0.4) is 0 Å². The van der Waals surface area contributed by atoms with E-state index in [4.69, 9.17) is 4.74 Å². The van der Waals surface area contributed by atoms with E-state index in [-0.39, 0.29) is 0 Å². The molecule has 0 bridgehead atoms. The molecule has 0 amide bonds. The molecule has 3 rings (SSSR count). The Morgan fingerprint density at radius 2 is 1.80 bits per heavy atom. The molecular formula is C17H26N2O. The largest absolute Gasteiger partial charge is 0.493 e. The van der Waals surface area contributed by atoms with Crippen LogP contribution in [0.15, 0.2) is 24.3 Å². The molecule has 1 aliphatic carbocycles. The minimum absolute atomic E-state index is 0.712. The van der Waals surface area contributed by atoms with Crippen LogP contribution in [-0.2, 0) is 6.54 Å². The van der Waals surface area contributed by atoms with E-state index in [1.54, 1.807) is 0 Å². The van der Waals surface area contributed by atoms with Gasteiger partial charge in [0.15, 0.2) is 0 Å². The lowest BCUT2D eigenvalue weighted by atomic mass is 10.0. The van der Waals surface area contributed by atoms with Crippen LogP contribution in [0.25, 0.3) is 0 Å². The standard InChI is InChI=1S/C17H26N2O/c1-18-16-8-10-19(11-9-16)12-14-4-6-17(7-5-14)20-13-15-2-3-15/h4-7,15-16,18H,2-3,8-13H2,1H3. The fourth-order valence-corrected chi connectivity index (χ4v) is 2.83. The summed E-state index contributed by atoms with van der Waals surface area (Å²) in [6.07, 6.45) is 5.22. The van der Waals surface area contributed by atoms with E-state index in [2.05, 4.69) is 41.5 Å². The molecule has 3 heteroatoms. The summed E-state index contributed by atoms with van der Waals surface area (Å²) in [6, 6.07) is 9.39. The Hall–Kier alpha value is -1.06. The quantitative estimate of drug-likeness (QED) is 0.863. The van der Waals surface area contributed by atoms with Gasteiger partial charge in [0, 0.05) is 12.6 Å². The molecule has 0 spiro atoms. The maximum absolute atomic E-state index is 5.78. The van der Waals surface area contributed by atoms with E-state index in [9.17, 15) is 0 Å². The number of benzene rings is 1. The van der Waals surface area contributed by atoms with Crippen molar-refractivity contribution in [3.63, 3.8) is 0 Å². The Morgan fingerprint density at radius 1 is 1.10 bits per heavy atom. The first-order chi connectivity index (χ1) is 9.83. The zero-order valence-electron chi connectivity index (χ0n) is 12.5. The second-order valence-corrected chi connectivity index (χ2v) is 6.24. The molecule has 1 aromatic rings. The highest BCUT2D eigenvalue weighted by Crippen LogP contribution is 2.29. The van der Waals surface area contributed by atoms with Gasteiger partial charge in [0.05, 0.1) is 6.61 Å². The molecule has 0 radical (unpaired) electrons. The van der Waals surface area contributed by atoms with Crippen LogP contribution in [0.1, 0.15) is 31.2 Å². The van der Waals surface area contributed by atoms with Gasteiger partial charge in [-0.3, -0.25) is 4.90 Å². The van der Waals surface area contributed by atoms with Crippen molar-refractivity contribution in [2.45, 2.75) is 38.3 Å². The number of rotatable bonds is 6. The fraction of sp³-hybridized carbons (Fsp3) is 0.647. The lowest BCUT2D eigenvalue weighted by molar-refractivity contribution is 0.194. The van der Waals surface area contributed by atoms with Crippen molar-refractivity contribution in [3.05, 3.63) is 29.8 Å². The van der Waals surface area contributed by atoms with Crippen molar-refractivity contribution in [1.29, 1.82) is 0 Å². The second kappa shape index (κ2) is 6.59. The molecule has 0 atom stereocenters. The Bertz CT molecular complexity index is 406. The maximum atomic E-state index is 5.78. The van der Waals surface area contributed by atoms with E-state index < -0.39 is 0 Å². The van der Waals surface area contributed by atoms with Crippen molar-refractivity contribution in [2.75, 3.05) is 26.7 Å². The van der Waals surface area contributed by atoms with Gasteiger partial charge in [-0.2, -0.15) is 0 Å². The van der Waals surface area contributed by atoms with E-state index in [1.807, 2.05) is 0 Å². The molecular weight excluding hydrogens is 248 g/mol. The summed E-state index contributed by atoms with van der Waals surface area (Å²) in [7, 11) is 2.07. The number of ether oxygens (including phenoxy) is 1. The Kier molecular flexibility index (Phi) is 4.58. The molecule has 110 valence electrons. The van der Waals surface area contributed by atoms with Gasteiger partial charge in [-0.1, -0.05) is 12.1 Å². The van der Waals surface area contributed by atoms with Gasteiger partial charge < -0.3 is 10.1 Å². The van der Waals surface area contributed by atoms with Crippen LogP contribution < -0.4 is 10.1 Å². The minimum atomic E-state index is 0.712. The zero-order chi connectivity index (χ0) is 13.8. The third-order valence-corrected chi connectivity index (χ3v) is 4.51. The zero-order valence-corrected chi connectivity index (χ0v) is 12.5. The Labute approximate surface area is 122 Å². The topological polar surface area (TPSA) is 24.5 Å². The molecule has 0 aromatic heterocycles. The first-order valence-corrected chi connectivity index (χ1v) is 7.95. The van der Waals surface area contributed by atoms with Gasteiger partial charge in [-0.15, -0.1) is 0 Å². The Balaban J connectivity index is 1.45. The first-order valence-electron chi connectivity index (χ1n) is 7.95. The highest BCUT2D eigenvalue weighted by Gasteiger charge is 2.22. The predicted octanol–water partition coefficient (Wildman–Crippen LogP) is 2.66. The number of piperidine rings is 1. The highest BCUT2D eigenvalue weighted by atomic mass is 16.5. The van der Waals surface area contributed by atoms with E-state index in [0.29, 0.717) is 6.04 Å². The van der Waals surface area contributed by atoms with Gasteiger partial charge in [0.2, 0.25) is 0 Å². The molecule has 0 unspecified atom stereocenters. The van der Waals surface area contributed by atoms with Crippen molar-refractivity contribution in [1.82, 2.24) is 10.2 Å². The maximum Gasteiger partial charge on any atom is 0.119 e. The van der Waals surface area contributed by atoms with Gasteiger partial charge in [-0.05, 0) is 69.4 Å². The third-order valence-electron chi connectivity index (χ3n) is 4.51.